The molecule has 0 saturated carbocycles. The maximum atomic E-state index is 5.07. The Labute approximate surface area is 86.7 Å². The molecule has 0 N–H and O–H groups in total. The Balaban J connectivity index is 1.79. The van der Waals surface area contributed by atoms with Crippen molar-refractivity contribution in [1.82, 2.24) is 0 Å². The van der Waals surface area contributed by atoms with Crippen molar-refractivity contribution in [2.75, 3.05) is 0 Å². The summed E-state index contributed by atoms with van der Waals surface area (Å²) >= 11 is 1.51. The molecule has 0 saturated heterocycles. The molecule has 0 amide bonds. The number of rotatable bonds is 4. The summed E-state index contributed by atoms with van der Waals surface area (Å²) < 4.78 is 0. The molecule has 14 heavy (non-hydrogen) atoms. The van der Waals surface area contributed by atoms with Gasteiger partial charge in [-0.2, -0.15) is 4.89 Å². The lowest BCUT2D eigenvalue weighted by atomic mass is 10.2. The van der Waals surface area contributed by atoms with Crippen molar-refractivity contribution in [2.24, 2.45) is 0 Å². The van der Waals surface area contributed by atoms with E-state index in [0.717, 1.165) is 10.6 Å². The topological polar surface area (TPSA) is 18.5 Å². The van der Waals surface area contributed by atoms with E-state index in [1.54, 1.807) is 0 Å². The first-order valence-corrected chi connectivity index (χ1v) is 5.20. The lowest BCUT2D eigenvalue weighted by molar-refractivity contribution is -0.214. The molecule has 1 aromatic heterocycles. The molecule has 0 atom stereocenters. The Morgan fingerprint density at radius 3 is 2.57 bits per heavy atom. The Hall–Kier alpha value is -1.32. The monoisotopic (exact) mass is 206 g/mol. The van der Waals surface area contributed by atoms with Gasteiger partial charge in [0.05, 0.1) is 0 Å². The van der Waals surface area contributed by atoms with E-state index in [4.69, 9.17) is 9.78 Å². The molecular formula is C11H10O2S. The molecule has 0 spiro atoms. The SMILES string of the molecule is c1ccc(COOc2cccs2)cc1. The van der Waals surface area contributed by atoms with Crippen LogP contribution in [0.1, 0.15) is 5.56 Å². The van der Waals surface area contributed by atoms with E-state index < -0.39 is 0 Å². The molecule has 0 aliphatic rings. The van der Waals surface area contributed by atoms with Crippen molar-refractivity contribution in [3.8, 4) is 5.06 Å². The Kier molecular flexibility index (Phi) is 3.16. The third-order valence-corrected chi connectivity index (χ3v) is 2.43. The highest BCUT2D eigenvalue weighted by Crippen LogP contribution is 2.18. The van der Waals surface area contributed by atoms with Crippen molar-refractivity contribution < 1.29 is 9.78 Å². The van der Waals surface area contributed by atoms with Gasteiger partial charge in [-0.3, -0.25) is 0 Å². The van der Waals surface area contributed by atoms with Gasteiger partial charge in [-0.15, -0.1) is 11.3 Å². The molecule has 3 heteroatoms. The zero-order valence-electron chi connectivity index (χ0n) is 7.55. The molecule has 0 bridgehead atoms. The Morgan fingerprint density at radius 1 is 1.00 bits per heavy atom. The van der Waals surface area contributed by atoms with Crippen LogP contribution in [-0.2, 0) is 11.5 Å². The fraction of sp³-hybridized carbons (Fsp3) is 0.0909. The highest BCUT2D eigenvalue weighted by Gasteiger charge is 1.95. The second kappa shape index (κ2) is 4.79. The minimum absolute atomic E-state index is 0.471. The zero-order valence-corrected chi connectivity index (χ0v) is 8.37. The van der Waals surface area contributed by atoms with Crippen LogP contribution in [0.2, 0.25) is 0 Å². The van der Waals surface area contributed by atoms with Crippen molar-refractivity contribution in [3.05, 3.63) is 53.4 Å². The molecular weight excluding hydrogens is 196 g/mol. The van der Waals surface area contributed by atoms with Crippen LogP contribution < -0.4 is 4.89 Å². The second-order valence-electron chi connectivity index (χ2n) is 2.76. The lowest BCUT2D eigenvalue weighted by Gasteiger charge is -2.01. The van der Waals surface area contributed by atoms with E-state index in [9.17, 15) is 0 Å². The summed E-state index contributed by atoms with van der Waals surface area (Å²) in [5.41, 5.74) is 1.10. The van der Waals surface area contributed by atoms with Crippen molar-refractivity contribution in [1.29, 1.82) is 0 Å². The molecule has 1 heterocycles. The van der Waals surface area contributed by atoms with Gasteiger partial charge >= 0.3 is 0 Å². The van der Waals surface area contributed by atoms with Gasteiger partial charge in [0.1, 0.15) is 6.61 Å². The number of thiophene rings is 1. The first-order chi connectivity index (χ1) is 6.95. The van der Waals surface area contributed by atoms with Gasteiger partial charge in [-0.05, 0) is 23.1 Å². The van der Waals surface area contributed by atoms with E-state index in [2.05, 4.69) is 0 Å². The molecule has 2 rings (SSSR count). The molecule has 0 aliphatic heterocycles. The van der Waals surface area contributed by atoms with Gasteiger partial charge in [0.15, 0.2) is 0 Å². The van der Waals surface area contributed by atoms with E-state index in [1.807, 2.05) is 47.8 Å². The Bertz CT molecular complexity index is 356. The van der Waals surface area contributed by atoms with Crippen LogP contribution in [0.4, 0.5) is 0 Å². The molecule has 0 radical (unpaired) electrons. The first-order valence-electron chi connectivity index (χ1n) is 4.32. The van der Waals surface area contributed by atoms with Gasteiger partial charge in [-0.25, -0.2) is 0 Å². The summed E-state index contributed by atoms with van der Waals surface area (Å²) in [5.74, 6) is 0. The van der Waals surface area contributed by atoms with Crippen LogP contribution in [0.5, 0.6) is 5.06 Å². The predicted molar refractivity (Wildman–Crippen MR) is 56.2 cm³/mol. The average molecular weight is 206 g/mol. The summed E-state index contributed by atoms with van der Waals surface area (Å²) in [6.45, 7) is 0.471. The summed E-state index contributed by atoms with van der Waals surface area (Å²) in [7, 11) is 0. The van der Waals surface area contributed by atoms with E-state index in [-0.39, 0.29) is 0 Å². The minimum atomic E-state index is 0.471. The largest absolute Gasteiger partial charge is 0.326 e. The fourth-order valence-electron chi connectivity index (χ4n) is 1.04. The maximum Gasteiger partial charge on any atom is 0.219 e. The van der Waals surface area contributed by atoms with Crippen LogP contribution in [0.15, 0.2) is 47.8 Å². The average Bonchev–Trinajstić information content (AvgIpc) is 2.72. The fourth-order valence-corrected chi connectivity index (χ4v) is 1.58. The second-order valence-corrected chi connectivity index (χ2v) is 3.67. The zero-order chi connectivity index (χ0) is 9.64. The third-order valence-electron chi connectivity index (χ3n) is 1.70. The molecule has 72 valence electrons. The molecule has 2 aromatic rings. The van der Waals surface area contributed by atoms with Crippen molar-refractivity contribution in [3.63, 3.8) is 0 Å². The van der Waals surface area contributed by atoms with Crippen LogP contribution in [0, 0.1) is 0 Å². The maximum absolute atomic E-state index is 5.07. The first kappa shape index (κ1) is 9.24. The molecule has 2 nitrogen and oxygen atoms in total. The normalized spacial score (nSPS) is 10.0. The Morgan fingerprint density at radius 2 is 1.86 bits per heavy atom. The van der Waals surface area contributed by atoms with Gasteiger partial charge in [0.2, 0.25) is 5.06 Å². The summed E-state index contributed by atoms with van der Waals surface area (Å²) in [4.78, 5) is 10.1. The van der Waals surface area contributed by atoms with Gasteiger partial charge in [0.25, 0.3) is 0 Å². The number of benzene rings is 1. The van der Waals surface area contributed by atoms with Crippen molar-refractivity contribution >= 4 is 11.3 Å². The molecule has 0 fully saturated rings. The molecule has 1 aromatic carbocycles. The van der Waals surface area contributed by atoms with E-state index in [1.165, 1.54) is 11.3 Å². The minimum Gasteiger partial charge on any atom is -0.326 e. The van der Waals surface area contributed by atoms with Crippen LogP contribution in [0.3, 0.4) is 0 Å². The van der Waals surface area contributed by atoms with E-state index in [0.29, 0.717) is 6.61 Å². The third kappa shape index (κ3) is 2.58. The lowest BCUT2D eigenvalue weighted by Crippen LogP contribution is -1.95. The number of hydrogen-bond acceptors (Lipinski definition) is 3. The quantitative estimate of drug-likeness (QED) is 0.564. The highest BCUT2D eigenvalue weighted by atomic mass is 32.1. The summed E-state index contributed by atoms with van der Waals surface area (Å²) in [6.07, 6.45) is 0. The van der Waals surface area contributed by atoms with Gasteiger partial charge in [-0.1, -0.05) is 30.3 Å². The highest BCUT2D eigenvalue weighted by molar-refractivity contribution is 7.11. The summed E-state index contributed by atoms with van der Waals surface area (Å²) in [6, 6.07) is 13.7. The van der Waals surface area contributed by atoms with Crippen LogP contribution in [0.25, 0.3) is 0 Å². The standard InChI is InChI=1S/C11H10O2S/c1-2-5-10(6-3-1)9-12-13-11-7-4-8-14-11/h1-8H,9H2. The van der Waals surface area contributed by atoms with Gasteiger partial charge in [0, 0.05) is 0 Å². The summed E-state index contributed by atoms with van der Waals surface area (Å²) in [5, 5.41) is 2.72. The van der Waals surface area contributed by atoms with Crippen LogP contribution >= 0.6 is 11.3 Å². The molecule has 0 aliphatic carbocycles. The van der Waals surface area contributed by atoms with Crippen LogP contribution in [-0.4, -0.2) is 0 Å². The number of hydrogen-bond donors (Lipinski definition) is 0. The van der Waals surface area contributed by atoms with Gasteiger partial charge < -0.3 is 4.89 Å². The molecule has 0 unspecified atom stereocenters. The van der Waals surface area contributed by atoms with Crippen molar-refractivity contribution in [2.45, 2.75) is 6.61 Å². The van der Waals surface area contributed by atoms with E-state index >= 15 is 0 Å². The smallest absolute Gasteiger partial charge is 0.219 e. The predicted octanol–water partition coefficient (Wildman–Crippen LogP) is 3.26.